The van der Waals surface area contributed by atoms with Crippen molar-refractivity contribution < 1.29 is 0 Å². The van der Waals surface area contributed by atoms with E-state index in [1.165, 1.54) is 31.6 Å². The van der Waals surface area contributed by atoms with Gasteiger partial charge in [-0.2, -0.15) is 0 Å². The van der Waals surface area contributed by atoms with Crippen molar-refractivity contribution >= 4 is 11.6 Å². The summed E-state index contributed by atoms with van der Waals surface area (Å²) in [5.74, 6) is 0. The Hall–Kier alpha value is -0.570. The molecule has 2 nitrogen and oxygen atoms in total. The van der Waals surface area contributed by atoms with Crippen LogP contribution in [0.15, 0.2) is 24.3 Å². The molecule has 1 aromatic carbocycles. The summed E-state index contributed by atoms with van der Waals surface area (Å²) in [6.45, 7) is 5.88. The highest BCUT2D eigenvalue weighted by Crippen LogP contribution is 2.11. The number of hydrogen-bond acceptors (Lipinski definition) is 2. The summed E-state index contributed by atoms with van der Waals surface area (Å²) in [5.41, 5.74) is 1.39. The molecular weight excluding hydrogens is 220 g/mol. The van der Waals surface area contributed by atoms with Gasteiger partial charge in [-0.15, -0.1) is 0 Å². The number of aryl methyl sites for hydroxylation is 1. The molecule has 0 atom stereocenters. The van der Waals surface area contributed by atoms with E-state index in [9.17, 15) is 0 Å². The lowest BCUT2D eigenvalue weighted by Crippen LogP contribution is -2.43. The lowest BCUT2D eigenvalue weighted by Gasteiger charge is -2.27. The second-order valence-corrected chi connectivity index (χ2v) is 4.76. The van der Waals surface area contributed by atoms with Gasteiger partial charge >= 0.3 is 0 Å². The Morgan fingerprint density at radius 3 is 2.50 bits per heavy atom. The fourth-order valence-electron chi connectivity index (χ4n) is 2.09. The molecule has 0 saturated carbocycles. The minimum atomic E-state index is 0.825. The molecule has 1 aromatic rings. The van der Waals surface area contributed by atoms with Gasteiger partial charge in [0.25, 0.3) is 0 Å². The molecule has 3 heteroatoms. The minimum Gasteiger partial charge on any atom is -0.314 e. The number of piperazine rings is 1. The first-order chi connectivity index (χ1) is 7.84. The molecule has 0 radical (unpaired) electrons. The number of nitrogens with zero attached hydrogens (tertiary/aromatic N) is 1. The van der Waals surface area contributed by atoms with E-state index in [4.69, 9.17) is 11.6 Å². The second-order valence-electron chi connectivity index (χ2n) is 4.32. The van der Waals surface area contributed by atoms with E-state index in [0.29, 0.717) is 0 Å². The maximum atomic E-state index is 5.85. The fraction of sp³-hybridized carbons (Fsp3) is 0.538. The first-order valence-electron chi connectivity index (χ1n) is 6.02. The van der Waals surface area contributed by atoms with Crippen molar-refractivity contribution in [2.45, 2.75) is 12.8 Å². The molecule has 1 aliphatic rings. The monoisotopic (exact) mass is 238 g/mol. The minimum absolute atomic E-state index is 0.825. The predicted octanol–water partition coefficient (Wildman–Crippen LogP) is 2.18. The Bertz CT molecular complexity index is 304. The molecule has 1 fully saturated rings. The zero-order valence-electron chi connectivity index (χ0n) is 9.58. The maximum absolute atomic E-state index is 5.85. The summed E-state index contributed by atoms with van der Waals surface area (Å²) in [6, 6.07) is 8.20. The number of benzene rings is 1. The van der Waals surface area contributed by atoms with Crippen LogP contribution in [0.4, 0.5) is 0 Å². The lowest BCUT2D eigenvalue weighted by molar-refractivity contribution is 0.238. The number of rotatable bonds is 4. The van der Waals surface area contributed by atoms with Crippen LogP contribution in [0.5, 0.6) is 0 Å². The molecule has 1 heterocycles. The van der Waals surface area contributed by atoms with Gasteiger partial charge in [0.05, 0.1) is 0 Å². The van der Waals surface area contributed by atoms with Gasteiger partial charge in [-0.25, -0.2) is 0 Å². The highest BCUT2D eigenvalue weighted by atomic mass is 35.5. The number of hydrogen-bond donors (Lipinski definition) is 1. The quantitative estimate of drug-likeness (QED) is 0.865. The SMILES string of the molecule is Clc1ccc(CCCN2CCNCC2)cc1. The van der Waals surface area contributed by atoms with Gasteiger partial charge < -0.3 is 10.2 Å². The van der Waals surface area contributed by atoms with Gasteiger partial charge in [-0.1, -0.05) is 23.7 Å². The third-order valence-corrected chi connectivity index (χ3v) is 3.31. The van der Waals surface area contributed by atoms with E-state index >= 15 is 0 Å². The third-order valence-electron chi connectivity index (χ3n) is 3.06. The molecule has 0 amide bonds. The van der Waals surface area contributed by atoms with Crippen LogP contribution in [0.2, 0.25) is 5.02 Å². The van der Waals surface area contributed by atoms with Gasteiger partial charge in [0.1, 0.15) is 0 Å². The van der Waals surface area contributed by atoms with E-state index in [1.807, 2.05) is 12.1 Å². The van der Waals surface area contributed by atoms with E-state index in [2.05, 4.69) is 22.3 Å². The van der Waals surface area contributed by atoms with Crippen LogP contribution in [0.3, 0.4) is 0 Å². The smallest absolute Gasteiger partial charge is 0.0406 e. The molecule has 16 heavy (non-hydrogen) atoms. The molecule has 0 aliphatic carbocycles. The first-order valence-corrected chi connectivity index (χ1v) is 6.40. The summed E-state index contributed by atoms with van der Waals surface area (Å²) in [6.07, 6.45) is 2.39. The highest BCUT2D eigenvalue weighted by Gasteiger charge is 2.08. The van der Waals surface area contributed by atoms with Crippen LogP contribution >= 0.6 is 11.6 Å². The molecule has 1 aliphatic heterocycles. The molecule has 0 spiro atoms. The largest absolute Gasteiger partial charge is 0.314 e. The number of nitrogens with one attached hydrogen (secondary N) is 1. The Balaban J connectivity index is 1.69. The summed E-state index contributed by atoms with van der Waals surface area (Å²) < 4.78 is 0. The molecule has 2 rings (SSSR count). The van der Waals surface area contributed by atoms with Crippen molar-refractivity contribution in [3.05, 3.63) is 34.9 Å². The zero-order chi connectivity index (χ0) is 11.2. The molecule has 0 unspecified atom stereocenters. The average Bonchev–Trinajstić information content (AvgIpc) is 2.33. The topological polar surface area (TPSA) is 15.3 Å². The van der Waals surface area contributed by atoms with Crippen molar-refractivity contribution in [2.75, 3.05) is 32.7 Å². The predicted molar refractivity (Wildman–Crippen MR) is 69.1 cm³/mol. The fourth-order valence-corrected chi connectivity index (χ4v) is 2.22. The molecule has 0 aromatic heterocycles. The first kappa shape index (κ1) is 11.9. The molecule has 88 valence electrons. The van der Waals surface area contributed by atoms with E-state index < -0.39 is 0 Å². The van der Waals surface area contributed by atoms with Crippen LogP contribution in [-0.2, 0) is 6.42 Å². The summed E-state index contributed by atoms with van der Waals surface area (Å²) >= 11 is 5.85. The van der Waals surface area contributed by atoms with Crippen molar-refractivity contribution in [3.8, 4) is 0 Å². The van der Waals surface area contributed by atoms with Gasteiger partial charge in [0, 0.05) is 31.2 Å². The van der Waals surface area contributed by atoms with Crippen LogP contribution < -0.4 is 5.32 Å². The van der Waals surface area contributed by atoms with Crippen molar-refractivity contribution in [1.29, 1.82) is 0 Å². The van der Waals surface area contributed by atoms with E-state index in [-0.39, 0.29) is 0 Å². The van der Waals surface area contributed by atoms with Gasteiger partial charge in [-0.3, -0.25) is 0 Å². The standard InChI is InChI=1S/C13H19ClN2/c14-13-5-3-12(4-6-13)2-1-9-16-10-7-15-8-11-16/h3-6,15H,1-2,7-11H2. The summed E-state index contributed by atoms with van der Waals surface area (Å²) in [7, 11) is 0. The van der Waals surface area contributed by atoms with E-state index in [1.54, 1.807) is 0 Å². The molecular formula is C13H19ClN2. The highest BCUT2D eigenvalue weighted by molar-refractivity contribution is 6.30. The van der Waals surface area contributed by atoms with Crippen LogP contribution in [0, 0.1) is 0 Å². The van der Waals surface area contributed by atoms with Crippen LogP contribution in [0.1, 0.15) is 12.0 Å². The van der Waals surface area contributed by atoms with Crippen LogP contribution in [0.25, 0.3) is 0 Å². The van der Waals surface area contributed by atoms with Crippen molar-refractivity contribution in [1.82, 2.24) is 10.2 Å². The van der Waals surface area contributed by atoms with Gasteiger partial charge in [0.15, 0.2) is 0 Å². The Kier molecular flexibility index (Phi) is 4.64. The summed E-state index contributed by atoms with van der Waals surface area (Å²) in [5, 5.41) is 4.20. The third kappa shape index (κ3) is 3.78. The van der Waals surface area contributed by atoms with Gasteiger partial charge in [0.2, 0.25) is 0 Å². The van der Waals surface area contributed by atoms with Crippen molar-refractivity contribution in [3.63, 3.8) is 0 Å². The Morgan fingerprint density at radius 2 is 1.81 bits per heavy atom. The zero-order valence-corrected chi connectivity index (χ0v) is 10.3. The van der Waals surface area contributed by atoms with Crippen LogP contribution in [-0.4, -0.2) is 37.6 Å². The Labute approximate surface area is 103 Å². The molecule has 1 saturated heterocycles. The average molecular weight is 239 g/mol. The van der Waals surface area contributed by atoms with E-state index in [0.717, 1.165) is 24.5 Å². The van der Waals surface area contributed by atoms with Crippen molar-refractivity contribution in [2.24, 2.45) is 0 Å². The number of halogens is 1. The summed E-state index contributed by atoms with van der Waals surface area (Å²) in [4.78, 5) is 2.53. The molecule has 1 N–H and O–H groups in total. The second kappa shape index (κ2) is 6.24. The molecule has 0 bridgehead atoms. The van der Waals surface area contributed by atoms with Gasteiger partial charge in [-0.05, 0) is 37.1 Å². The lowest BCUT2D eigenvalue weighted by atomic mass is 10.1. The Morgan fingerprint density at radius 1 is 1.12 bits per heavy atom. The maximum Gasteiger partial charge on any atom is 0.0406 e. The normalized spacial score (nSPS) is 17.6.